The monoisotopic (exact) mass is 216 g/mol. The van der Waals surface area contributed by atoms with Crippen LogP contribution in [0.2, 0.25) is 0 Å². The molecule has 1 N–H and O–H groups in total. The molecule has 0 aromatic carbocycles. The summed E-state index contributed by atoms with van der Waals surface area (Å²) in [5, 5.41) is 8.30. The molecule has 0 radical (unpaired) electrons. The number of rotatable bonds is 2. The second-order valence-electron chi connectivity index (χ2n) is 1.22. The summed E-state index contributed by atoms with van der Waals surface area (Å²) in [5.41, 5.74) is -2.24. The second kappa shape index (κ2) is 5.16. The Morgan fingerprint density at radius 2 is 1.70 bits per heavy atom. The minimum atomic E-state index is -4.76. The van der Waals surface area contributed by atoms with Crippen LogP contribution < -0.4 is 29.6 Å². The predicted octanol–water partition coefficient (Wildman–Crippen LogP) is -3.34. The van der Waals surface area contributed by atoms with Gasteiger partial charge in [-0.15, -0.1) is 23.2 Å². The molecule has 0 saturated carbocycles. The topological polar surface area (TPSA) is 77.4 Å². The summed E-state index contributed by atoms with van der Waals surface area (Å²) < 4.78 is 29.4. The van der Waals surface area contributed by atoms with E-state index in [9.17, 15) is 13.0 Å². The van der Waals surface area contributed by atoms with E-state index in [2.05, 4.69) is 0 Å². The van der Waals surface area contributed by atoms with E-state index in [4.69, 9.17) is 28.3 Å². The van der Waals surface area contributed by atoms with Crippen LogP contribution in [-0.2, 0) is 10.1 Å². The van der Waals surface area contributed by atoms with Crippen molar-refractivity contribution in [2.45, 2.75) is 10.3 Å². The zero-order chi connectivity index (χ0) is 7.65. The molecule has 0 amide bonds. The van der Waals surface area contributed by atoms with Gasteiger partial charge in [-0.2, -0.15) is 0 Å². The molecule has 0 rings (SSSR count). The summed E-state index contributed by atoms with van der Waals surface area (Å²) in [6, 6.07) is 0. The average molecular weight is 217 g/mol. The molecule has 0 spiro atoms. The van der Waals surface area contributed by atoms with E-state index < -0.39 is 20.4 Å². The van der Waals surface area contributed by atoms with Gasteiger partial charge >= 0.3 is 29.6 Å². The van der Waals surface area contributed by atoms with Crippen LogP contribution in [0.5, 0.6) is 0 Å². The maximum absolute atomic E-state index is 9.80. The molecule has 0 bridgehead atoms. The van der Waals surface area contributed by atoms with Crippen molar-refractivity contribution in [1.82, 2.24) is 0 Å². The van der Waals surface area contributed by atoms with Crippen LogP contribution in [0, 0.1) is 0 Å². The van der Waals surface area contributed by atoms with Crippen molar-refractivity contribution in [2.24, 2.45) is 0 Å². The van der Waals surface area contributed by atoms with Crippen molar-refractivity contribution in [2.75, 3.05) is 0 Å². The van der Waals surface area contributed by atoms with Gasteiger partial charge in [-0.25, -0.2) is 8.42 Å². The van der Waals surface area contributed by atoms with Crippen LogP contribution in [0.25, 0.3) is 0 Å². The zero-order valence-corrected chi connectivity index (χ0v) is 9.32. The molecule has 0 fully saturated rings. The minimum absolute atomic E-state index is 0. The van der Waals surface area contributed by atoms with Gasteiger partial charge in [0.05, 0.1) is 0 Å². The molecule has 8 heteroatoms. The van der Waals surface area contributed by atoms with Crippen LogP contribution in [0.1, 0.15) is 0 Å². The van der Waals surface area contributed by atoms with Gasteiger partial charge in [-0.1, -0.05) is 0 Å². The maximum Gasteiger partial charge on any atom is 1.00 e. The van der Waals surface area contributed by atoms with E-state index in [0.29, 0.717) is 0 Å². The average Bonchev–Trinajstić information content (AvgIpc) is 1.62. The van der Waals surface area contributed by atoms with Crippen molar-refractivity contribution in [3.05, 3.63) is 0 Å². The summed E-state index contributed by atoms with van der Waals surface area (Å²) in [6.45, 7) is 0. The summed E-state index contributed by atoms with van der Waals surface area (Å²) in [7, 11) is -4.76. The first kappa shape index (κ1) is 14.0. The van der Waals surface area contributed by atoms with Crippen molar-refractivity contribution in [3.8, 4) is 0 Å². The third-order valence-corrected chi connectivity index (χ3v) is 2.15. The van der Waals surface area contributed by atoms with Crippen LogP contribution in [0.4, 0.5) is 0 Å². The molecular weight excluding hydrogens is 214 g/mol. The SMILES string of the molecule is O=S(=O)([O-])C(O)C(Cl)Cl.[Na+]. The summed E-state index contributed by atoms with van der Waals surface area (Å²) >= 11 is 9.70. The Hall–Kier alpha value is 1.45. The molecule has 56 valence electrons. The van der Waals surface area contributed by atoms with Crippen molar-refractivity contribution >= 4 is 33.3 Å². The maximum atomic E-state index is 9.80. The number of alkyl halides is 2. The fourth-order valence-corrected chi connectivity index (χ4v) is 1.13. The molecule has 10 heavy (non-hydrogen) atoms. The predicted molar refractivity (Wildman–Crippen MR) is 31.2 cm³/mol. The summed E-state index contributed by atoms with van der Waals surface area (Å²) in [4.78, 5) is -1.59. The van der Waals surface area contributed by atoms with Gasteiger partial charge in [-0.05, 0) is 0 Å². The summed E-state index contributed by atoms with van der Waals surface area (Å²) in [5.74, 6) is 0. The molecule has 0 aliphatic rings. The van der Waals surface area contributed by atoms with E-state index in [-0.39, 0.29) is 29.6 Å². The van der Waals surface area contributed by atoms with Gasteiger partial charge in [0.15, 0.2) is 5.44 Å². The zero-order valence-electron chi connectivity index (χ0n) is 4.99. The van der Waals surface area contributed by atoms with Gasteiger partial charge in [-0.3, -0.25) is 0 Å². The quantitative estimate of drug-likeness (QED) is 0.298. The van der Waals surface area contributed by atoms with Crippen molar-refractivity contribution in [3.63, 3.8) is 0 Å². The second-order valence-corrected chi connectivity index (χ2v) is 3.85. The van der Waals surface area contributed by atoms with Gasteiger partial charge in [0.1, 0.15) is 15.0 Å². The molecule has 4 nitrogen and oxygen atoms in total. The van der Waals surface area contributed by atoms with E-state index in [0.717, 1.165) is 0 Å². The standard InChI is InChI=1S/C2H4Cl2O4S.Na/c3-1(4)2(5)9(6,7)8;/h1-2,5H,(H,6,7,8);/q;+1/p-1. The van der Waals surface area contributed by atoms with Crippen LogP contribution in [0.3, 0.4) is 0 Å². The fraction of sp³-hybridized carbons (Fsp3) is 1.00. The molecule has 0 aromatic heterocycles. The molecule has 1 unspecified atom stereocenters. The third-order valence-electron chi connectivity index (χ3n) is 0.511. The molecule has 0 aliphatic heterocycles. The van der Waals surface area contributed by atoms with E-state index in [1.807, 2.05) is 0 Å². The Morgan fingerprint density at radius 3 is 1.70 bits per heavy atom. The van der Waals surface area contributed by atoms with Gasteiger partial charge in [0, 0.05) is 0 Å². The Balaban J connectivity index is 0. The molecule has 0 saturated heterocycles. The first-order valence-electron chi connectivity index (χ1n) is 1.76. The largest absolute Gasteiger partial charge is 1.00 e. The Bertz CT molecular complexity index is 178. The first-order valence-corrected chi connectivity index (χ1v) is 4.11. The molecule has 0 aliphatic carbocycles. The number of hydrogen-bond donors (Lipinski definition) is 1. The number of aliphatic hydroxyl groups is 1. The smallest absolute Gasteiger partial charge is 0.746 e. The van der Waals surface area contributed by atoms with Gasteiger partial charge in [0.2, 0.25) is 0 Å². The van der Waals surface area contributed by atoms with E-state index in [1.54, 1.807) is 0 Å². The first-order chi connectivity index (χ1) is 3.85. The molecule has 0 aromatic rings. The van der Waals surface area contributed by atoms with Gasteiger partial charge in [0.25, 0.3) is 0 Å². The normalized spacial score (nSPS) is 14.5. The Kier molecular flexibility index (Phi) is 7.22. The van der Waals surface area contributed by atoms with Crippen molar-refractivity contribution < 1.29 is 47.6 Å². The van der Waals surface area contributed by atoms with Crippen LogP contribution in [0.15, 0.2) is 0 Å². The minimum Gasteiger partial charge on any atom is -0.746 e. The Labute approximate surface area is 90.5 Å². The number of hydrogen-bond acceptors (Lipinski definition) is 4. The van der Waals surface area contributed by atoms with Crippen molar-refractivity contribution in [1.29, 1.82) is 0 Å². The Morgan fingerprint density at radius 1 is 1.40 bits per heavy atom. The van der Waals surface area contributed by atoms with Gasteiger partial charge < -0.3 is 9.66 Å². The van der Waals surface area contributed by atoms with Crippen LogP contribution >= 0.6 is 23.2 Å². The van der Waals surface area contributed by atoms with E-state index in [1.165, 1.54) is 0 Å². The third kappa shape index (κ3) is 5.15. The van der Waals surface area contributed by atoms with E-state index >= 15 is 0 Å². The van der Waals surface area contributed by atoms with Crippen LogP contribution in [-0.4, -0.2) is 28.3 Å². The number of halogens is 2. The summed E-state index contributed by atoms with van der Waals surface area (Å²) in [6.07, 6.45) is 0. The molecular formula is C2H3Cl2NaO4S. The molecule has 0 heterocycles. The number of aliphatic hydroxyl groups excluding tert-OH is 1. The molecule has 1 atom stereocenters. The fourth-order valence-electron chi connectivity index (χ4n) is 0.126.